The van der Waals surface area contributed by atoms with Gasteiger partial charge in [-0.3, -0.25) is 9.80 Å². The van der Waals surface area contributed by atoms with Crippen molar-refractivity contribution in [3.05, 3.63) is 23.8 Å². The molecule has 0 saturated carbocycles. The molecule has 124 valence electrons. The first kappa shape index (κ1) is 17.1. The van der Waals surface area contributed by atoms with Gasteiger partial charge >= 0.3 is 0 Å². The third-order valence-electron chi connectivity index (χ3n) is 3.98. The van der Waals surface area contributed by atoms with Crippen molar-refractivity contribution in [2.75, 3.05) is 53.0 Å². The second-order valence-corrected chi connectivity index (χ2v) is 5.68. The van der Waals surface area contributed by atoms with Crippen molar-refractivity contribution in [3.63, 3.8) is 0 Å². The van der Waals surface area contributed by atoms with Crippen LogP contribution in [0.15, 0.2) is 18.2 Å². The van der Waals surface area contributed by atoms with Crippen LogP contribution >= 0.6 is 0 Å². The first-order chi connectivity index (χ1) is 10.8. The maximum atomic E-state index is 8.98. The highest BCUT2D eigenvalue weighted by Gasteiger charge is 2.17. The molecule has 1 heterocycles. The van der Waals surface area contributed by atoms with Crippen LogP contribution in [-0.2, 0) is 6.54 Å². The number of rotatable bonds is 8. The van der Waals surface area contributed by atoms with E-state index in [1.807, 2.05) is 6.07 Å². The third kappa shape index (κ3) is 4.87. The monoisotopic (exact) mass is 308 g/mol. The summed E-state index contributed by atoms with van der Waals surface area (Å²) in [6, 6.07) is 6.20. The summed E-state index contributed by atoms with van der Waals surface area (Å²) >= 11 is 0. The van der Waals surface area contributed by atoms with Crippen molar-refractivity contribution < 1.29 is 14.6 Å². The van der Waals surface area contributed by atoms with E-state index in [2.05, 4.69) is 28.9 Å². The Morgan fingerprint density at radius 1 is 1.09 bits per heavy atom. The fourth-order valence-corrected chi connectivity index (χ4v) is 2.71. The number of β-amino-alcohol motifs (C(OH)–C–C–N with tert-alkyl or cyclic N) is 1. The SMILES string of the molecule is CCCOc1ccc(CN2CCN(CCO)CC2)cc1OC. The van der Waals surface area contributed by atoms with Gasteiger partial charge in [0, 0.05) is 39.3 Å². The molecule has 0 bridgehead atoms. The Morgan fingerprint density at radius 2 is 1.82 bits per heavy atom. The minimum atomic E-state index is 0.246. The van der Waals surface area contributed by atoms with Crippen molar-refractivity contribution in [2.24, 2.45) is 0 Å². The molecule has 0 unspecified atom stereocenters. The van der Waals surface area contributed by atoms with Gasteiger partial charge < -0.3 is 14.6 Å². The number of hydrogen-bond donors (Lipinski definition) is 1. The van der Waals surface area contributed by atoms with Gasteiger partial charge in [-0.2, -0.15) is 0 Å². The quantitative estimate of drug-likeness (QED) is 0.790. The molecule has 1 saturated heterocycles. The van der Waals surface area contributed by atoms with Crippen LogP contribution in [0, 0.1) is 0 Å². The summed E-state index contributed by atoms with van der Waals surface area (Å²) < 4.78 is 11.1. The molecule has 1 fully saturated rings. The second-order valence-electron chi connectivity index (χ2n) is 5.68. The minimum Gasteiger partial charge on any atom is -0.493 e. The van der Waals surface area contributed by atoms with Gasteiger partial charge in [-0.1, -0.05) is 13.0 Å². The summed E-state index contributed by atoms with van der Waals surface area (Å²) in [6.07, 6.45) is 0.989. The van der Waals surface area contributed by atoms with Gasteiger partial charge in [0.15, 0.2) is 11.5 Å². The molecule has 0 amide bonds. The molecule has 0 atom stereocenters. The van der Waals surface area contributed by atoms with Crippen LogP contribution in [0.1, 0.15) is 18.9 Å². The molecule has 5 nitrogen and oxygen atoms in total. The third-order valence-corrected chi connectivity index (χ3v) is 3.98. The van der Waals surface area contributed by atoms with Crippen LogP contribution in [0.25, 0.3) is 0 Å². The number of methoxy groups -OCH3 is 1. The van der Waals surface area contributed by atoms with Gasteiger partial charge in [-0.05, 0) is 24.1 Å². The van der Waals surface area contributed by atoms with Crippen LogP contribution in [0.2, 0.25) is 0 Å². The van der Waals surface area contributed by atoms with E-state index in [4.69, 9.17) is 14.6 Å². The lowest BCUT2D eigenvalue weighted by Gasteiger charge is -2.34. The molecular formula is C17H28N2O3. The number of hydrogen-bond acceptors (Lipinski definition) is 5. The number of aliphatic hydroxyl groups is 1. The minimum absolute atomic E-state index is 0.246. The molecule has 1 aliphatic rings. The van der Waals surface area contributed by atoms with Crippen molar-refractivity contribution in [1.82, 2.24) is 9.80 Å². The summed E-state index contributed by atoms with van der Waals surface area (Å²) in [5, 5.41) is 8.98. The van der Waals surface area contributed by atoms with Gasteiger partial charge in [-0.15, -0.1) is 0 Å². The van der Waals surface area contributed by atoms with Crippen LogP contribution in [0.3, 0.4) is 0 Å². The molecule has 0 radical (unpaired) electrons. The van der Waals surface area contributed by atoms with E-state index in [-0.39, 0.29) is 6.61 Å². The Morgan fingerprint density at radius 3 is 2.45 bits per heavy atom. The van der Waals surface area contributed by atoms with Crippen LogP contribution in [0.4, 0.5) is 0 Å². The number of benzene rings is 1. The lowest BCUT2D eigenvalue weighted by molar-refractivity contribution is 0.108. The van der Waals surface area contributed by atoms with Gasteiger partial charge in [-0.25, -0.2) is 0 Å². The molecule has 5 heteroatoms. The zero-order valence-corrected chi connectivity index (χ0v) is 13.8. The van der Waals surface area contributed by atoms with Crippen molar-refractivity contribution in [1.29, 1.82) is 0 Å². The average Bonchev–Trinajstić information content (AvgIpc) is 2.55. The number of piperazine rings is 1. The topological polar surface area (TPSA) is 45.2 Å². The van der Waals surface area contributed by atoms with Gasteiger partial charge in [0.05, 0.1) is 20.3 Å². The lowest BCUT2D eigenvalue weighted by atomic mass is 10.1. The standard InChI is InChI=1S/C17H28N2O3/c1-3-12-22-16-5-4-15(13-17(16)21-2)14-19-8-6-18(7-9-19)10-11-20/h4-5,13,20H,3,6-12,14H2,1-2H3. The maximum absolute atomic E-state index is 8.98. The maximum Gasteiger partial charge on any atom is 0.161 e. The highest BCUT2D eigenvalue weighted by molar-refractivity contribution is 5.43. The molecule has 1 aliphatic heterocycles. The molecule has 2 rings (SSSR count). The summed E-state index contributed by atoms with van der Waals surface area (Å²) in [7, 11) is 1.69. The zero-order valence-electron chi connectivity index (χ0n) is 13.8. The fraction of sp³-hybridized carbons (Fsp3) is 0.647. The molecule has 1 aromatic rings. The van der Waals surface area contributed by atoms with E-state index in [1.54, 1.807) is 7.11 Å². The molecule has 0 spiro atoms. The fourth-order valence-electron chi connectivity index (χ4n) is 2.71. The highest BCUT2D eigenvalue weighted by atomic mass is 16.5. The van der Waals surface area contributed by atoms with E-state index in [9.17, 15) is 0 Å². The predicted molar refractivity (Wildman–Crippen MR) is 87.6 cm³/mol. The van der Waals surface area contributed by atoms with E-state index in [1.165, 1.54) is 5.56 Å². The van der Waals surface area contributed by atoms with Gasteiger partial charge in [0.25, 0.3) is 0 Å². The summed E-state index contributed by atoms with van der Waals surface area (Å²) in [6.45, 7) is 8.89. The molecule has 0 aromatic heterocycles. The summed E-state index contributed by atoms with van der Waals surface area (Å²) in [5.74, 6) is 1.63. The average molecular weight is 308 g/mol. The van der Waals surface area contributed by atoms with Crippen LogP contribution < -0.4 is 9.47 Å². The number of nitrogens with zero attached hydrogens (tertiary/aromatic N) is 2. The molecule has 1 N–H and O–H groups in total. The predicted octanol–water partition coefficient (Wildman–Crippen LogP) is 1.59. The smallest absolute Gasteiger partial charge is 0.161 e. The number of aliphatic hydroxyl groups excluding tert-OH is 1. The van der Waals surface area contributed by atoms with Crippen LogP contribution in [-0.4, -0.2) is 68.0 Å². The van der Waals surface area contributed by atoms with Gasteiger partial charge in [0.2, 0.25) is 0 Å². The Kier molecular flexibility index (Phi) is 6.96. The normalized spacial score (nSPS) is 16.7. The Bertz CT molecular complexity index is 446. The highest BCUT2D eigenvalue weighted by Crippen LogP contribution is 2.28. The van der Waals surface area contributed by atoms with Crippen LogP contribution in [0.5, 0.6) is 11.5 Å². The molecular weight excluding hydrogens is 280 g/mol. The first-order valence-corrected chi connectivity index (χ1v) is 8.12. The van der Waals surface area contributed by atoms with E-state index in [0.29, 0.717) is 6.61 Å². The second kappa shape index (κ2) is 8.98. The largest absolute Gasteiger partial charge is 0.493 e. The molecule has 22 heavy (non-hydrogen) atoms. The van der Waals surface area contributed by atoms with Crippen molar-refractivity contribution in [2.45, 2.75) is 19.9 Å². The Labute approximate surface area is 133 Å². The molecule has 1 aromatic carbocycles. The van der Waals surface area contributed by atoms with Crippen molar-refractivity contribution in [3.8, 4) is 11.5 Å². The first-order valence-electron chi connectivity index (χ1n) is 8.12. The lowest BCUT2D eigenvalue weighted by Crippen LogP contribution is -2.46. The van der Waals surface area contributed by atoms with E-state index >= 15 is 0 Å². The zero-order chi connectivity index (χ0) is 15.8. The van der Waals surface area contributed by atoms with E-state index in [0.717, 1.165) is 57.2 Å². The van der Waals surface area contributed by atoms with E-state index < -0.39 is 0 Å². The van der Waals surface area contributed by atoms with Gasteiger partial charge in [0.1, 0.15) is 0 Å². The summed E-state index contributed by atoms with van der Waals surface area (Å²) in [5.41, 5.74) is 1.25. The Balaban J connectivity index is 1.90. The Hall–Kier alpha value is -1.30. The summed E-state index contributed by atoms with van der Waals surface area (Å²) in [4.78, 5) is 4.74. The molecule has 0 aliphatic carbocycles. The number of ether oxygens (including phenoxy) is 2. The van der Waals surface area contributed by atoms with Crippen molar-refractivity contribution >= 4 is 0 Å².